The lowest BCUT2D eigenvalue weighted by atomic mass is 9.85. The van der Waals surface area contributed by atoms with Crippen molar-refractivity contribution >= 4 is 38.6 Å². The molecule has 3 N–H and O–H groups in total. The van der Waals surface area contributed by atoms with Gasteiger partial charge in [0, 0.05) is 0 Å². The molecule has 0 amide bonds. The highest BCUT2D eigenvalue weighted by atomic mass is 32.2. The Balaban J connectivity index is 1.68. The number of hydrogen-bond donors (Lipinski definition) is 3. The van der Waals surface area contributed by atoms with Crippen LogP contribution in [-0.2, 0) is 10.2 Å². The highest BCUT2D eigenvalue weighted by Crippen LogP contribution is 2.34. The van der Waals surface area contributed by atoms with Crippen LogP contribution in [0.15, 0.2) is 43.5 Å². The first kappa shape index (κ1) is 19.1. The van der Waals surface area contributed by atoms with Gasteiger partial charge in [-0.3, -0.25) is 5.10 Å². The fraction of sp³-hybridized carbons (Fsp3) is 0.333. The zero-order chi connectivity index (χ0) is 20.8. The fourth-order valence-electron chi connectivity index (χ4n) is 3.08. The average Bonchev–Trinajstić information content (AvgIpc) is 3.31. The lowest BCUT2D eigenvalue weighted by molar-refractivity contribution is 0.261. The fourth-order valence-corrected chi connectivity index (χ4v) is 3.85. The Morgan fingerprint density at radius 2 is 1.86 bits per heavy atom. The molecule has 152 valence electrons. The Morgan fingerprint density at radius 3 is 2.55 bits per heavy atom. The summed E-state index contributed by atoms with van der Waals surface area (Å²) in [6.07, 6.45) is 0. The van der Waals surface area contributed by atoms with Crippen LogP contribution < -0.4 is 10.6 Å². The second kappa shape index (κ2) is 6.69. The van der Waals surface area contributed by atoms with Crippen LogP contribution >= 0.6 is 0 Å². The van der Waals surface area contributed by atoms with Crippen molar-refractivity contribution in [1.29, 1.82) is 0 Å². The Bertz CT molecular complexity index is 1230. The third-order valence-electron chi connectivity index (χ3n) is 4.45. The van der Waals surface area contributed by atoms with Crippen molar-refractivity contribution in [2.45, 2.75) is 33.7 Å². The molecule has 1 aliphatic heterocycles. The molecule has 10 nitrogen and oxygen atoms in total. The quantitative estimate of drug-likeness (QED) is 0.598. The molecule has 1 aromatic carbocycles. The molecule has 3 heterocycles. The number of rotatable bonds is 3. The Kier molecular flexibility index (Phi) is 4.41. The number of aryl methyl sites for hydroxylation is 1. The average molecular weight is 415 g/mol. The standard InChI is InChI=1S/C18H21N7O3S/c1-10-8-9-13(28-10)15(18(2,3)4)20-17-16(23-29(26,27)24-17)19-11-6-5-7-12-14(11)22-25-21-12/h5-9,15H,1-4H3,(H,19,23)(H,20,24)(H,21,22,25)/t15-/m0/s1. The minimum Gasteiger partial charge on any atom is -0.464 e. The molecule has 2 aromatic heterocycles. The number of para-hydroxylation sites is 1. The summed E-state index contributed by atoms with van der Waals surface area (Å²) in [6, 6.07) is 8.74. The van der Waals surface area contributed by atoms with Gasteiger partial charge in [0.15, 0.2) is 11.7 Å². The first-order valence-electron chi connectivity index (χ1n) is 8.97. The van der Waals surface area contributed by atoms with Gasteiger partial charge in [-0.2, -0.15) is 8.42 Å². The van der Waals surface area contributed by atoms with Gasteiger partial charge in [-0.15, -0.1) is 13.9 Å². The number of furan rings is 1. The topological polar surface area (TPSA) is 138 Å². The molecule has 0 fully saturated rings. The van der Waals surface area contributed by atoms with Crippen molar-refractivity contribution in [1.82, 2.24) is 20.7 Å². The molecule has 0 bridgehead atoms. The summed E-state index contributed by atoms with van der Waals surface area (Å²) in [6.45, 7) is 7.92. The molecule has 29 heavy (non-hydrogen) atoms. The molecule has 11 heteroatoms. The number of nitrogens with zero attached hydrogens (tertiary/aromatic N) is 4. The van der Waals surface area contributed by atoms with Gasteiger partial charge in [-0.05, 0) is 36.6 Å². The van der Waals surface area contributed by atoms with Gasteiger partial charge >= 0.3 is 10.2 Å². The van der Waals surface area contributed by atoms with E-state index in [4.69, 9.17) is 4.42 Å². The van der Waals surface area contributed by atoms with Crippen LogP contribution in [0.25, 0.3) is 11.0 Å². The number of nitrogens with one attached hydrogen (secondary N) is 3. The van der Waals surface area contributed by atoms with Gasteiger partial charge in [0.25, 0.3) is 0 Å². The van der Waals surface area contributed by atoms with E-state index in [0.717, 1.165) is 5.76 Å². The molecular weight excluding hydrogens is 394 g/mol. The summed E-state index contributed by atoms with van der Waals surface area (Å²) in [4.78, 5) is 0. The number of aromatic nitrogens is 3. The van der Waals surface area contributed by atoms with Crippen LogP contribution in [0.4, 0.5) is 5.69 Å². The smallest absolute Gasteiger partial charge is 0.367 e. The summed E-state index contributed by atoms with van der Waals surface area (Å²) in [5.41, 5.74) is 1.56. The second-order valence-corrected chi connectivity index (χ2v) is 9.12. The summed E-state index contributed by atoms with van der Waals surface area (Å²) in [5, 5.41) is 16.7. The maximum Gasteiger partial charge on any atom is 0.367 e. The van der Waals surface area contributed by atoms with Crippen molar-refractivity contribution in [3.8, 4) is 0 Å². The highest BCUT2D eigenvalue weighted by Gasteiger charge is 2.34. The maximum absolute atomic E-state index is 12.1. The molecule has 0 saturated carbocycles. The third-order valence-corrected chi connectivity index (χ3v) is 5.27. The van der Waals surface area contributed by atoms with Crippen LogP contribution in [0.3, 0.4) is 0 Å². The monoisotopic (exact) mass is 415 g/mol. The summed E-state index contributed by atoms with van der Waals surface area (Å²) < 4.78 is 37.5. The van der Waals surface area contributed by atoms with Gasteiger partial charge < -0.3 is 15.1 Å². The largest absolute Gasteiger partial charge is 0.464 e. The van der Waals surface area contributed by atoms with E-state index in [1.807, 2.05) is 39.8 Å². The normalized spacial score (nSPS) is 17.1. The number of benzene rings is 1. The molecule has 0 saturated heterocycles. The van der Waals surface area contributed by atoms with Crippen LogP contribution in [0.2, 0.25) is 0 Å². The van der Waals surface area contributed by atoms with E-state index in [1.165, 1.54) is 0 Å². The maximum atomic E-state index is 12.1. The highest BCUT2D eigenvalue weighted by molar-refractivity contribution is 7.89. The van der Waals surface area contributed by atoms with Gasteiger partial charge in [0.2, 0.25) is 0 Å². The number of fused-ring (bicyclic) bond motifs is 1. The van der Waals surface area contributed by atoms with Gasteiger partial charge in [0.05, 0.1) is 11.7 Å². The predicted octanol–water partition coefficient (Wildman–Crippen LogP) is 2.70. The van der Waals surface area contributed by atoms with Gasteiger partial charge in [-0.1, -0.05) is 32.1 Å². The van der Waals surface area contributed by atoms with Crippen molar-refractivity contribution in [2.75, 3.05) is 5.32 Å². The molecule has 0 radical (unpaired) electrons. The van der Waals surface area contributed by atoms with E-state index < -0.39 is 10.2 Å². The number of hydrogen-bond acceptors (Lipinski definition) is 7. The minimum atomic E-state index is -3.99. The van der Waals surface area contributed by atoms with Crippen molar-refractivity contribution in [2.24, 2.45) is 14.2 Å². The summed E-state index contributed by atoms with van der Waals surface area (Å²) >= 11 is 0. The van der Waals surface area contributed by atoms with E-state index in [-0.39, 0.29) is 23.1 Å². The lowest BCUT2D eigenvalue weighted by Crippen LogP contribution is -2.41. The molecule has 0 aliphatic carbocycles. The van der Waals surface area contributed by atoms with E-state index >= 15 is 0 Å². The lowest BCUT2D eigenvalue weighted by Gasteiger charge is -2.30. The van der Waals surface area contributed by atoms with Crippen LogP contribution in [0, 0.1) is 12.3 Å². The second-order valence-electron chi connectivity index (χ2n) is 7.86. The first-order chi connectivity index (χ1) is 13.6. The number of aromatic amines is 1. The molecule has 1 atom stereocenters. The molecule has 0 spiro atoms. The van der Waals surface area contributed by atoms with Crippen molar-refractivity contribution in [3.63, 3.8) is 0 Å². The number of H-pyrrole nitrogens is 1. The Morgan fingerprint density at radius 1 is 1.10 bits per heavy atom. The Labute approximate surface area is 167 Å². The molecule has 3 aromatic rings. The Hall–Kier alpha value is -3.21. The first-order valence-corrected chi connectivity index (χ1v) is 10.4. The molecule has 0 unspecified atom stereocenters. The van der Waals surface area contributed by atoms with Crippen LogP contribution in [0.5, 0.6) is 0 Å². The summed E-state index contributed by atoms with van der Waals surface area (Å²) in [7, 11) is -3.99. The van der Waals surface area contributed by atoms with Crippen LogP contribution in [0.1, 0.15) is 38.3 Å². The zero-order valence-electron chi connectivity index (χ0n) is 16.4. The number of anilines is 1. The van der Waals surface area contributed by atoms with E-state index in [1.54, 1.807) is 18.2 Å². The minimum absolute atomic E-state index is 0.0876. The molecule has 1 aliphatic rings. The predicted molar refractivity (Wildman–Crippen MR) is 110 cm³/mol. The molecule has 4 rings (SSSR count). The van der Waals surface area contributed by atoms with Crippen molar-refractivity contribution < 1.29 is 12.8 Å². The number of amidine groups is 2. The van der Waals surface area contributed by atoms with E-state index in [2.05, 4.69) is 34.8 Å². The van der Waals surface area contributed by atoms with Gasteiger partial charge in [-0.25, -0.2) is 0 Å². The SMILES string of the molecule is Cc1ccc([C@H](NC2=NS(=O)(=O)N=C2Nc2cccc3nn[nH]c23)C(C)(C)C)o1. The molecular formula is C18H21N7O3S. The van der Waals surface area contributed by atoms with Gasteiger partial charge in [0.1, 0.15) is 22.6 Å². The third kappa shape index (κ3) is 3.86. The van der Waals surface area contributed by atoms with Crippen molar-refractivity contribution in [3.05, 3.63) is 41.9 Å². The van der Waals surface area contributed by atoms with Crippen LogP contribution in [-0.4, -0.2) is 35.5 Å². The van der Waals surface area contributed by atoms with E-state index in [9.17, 15) is 8.42 Å². The zero-order valence-corrected chi connectivity index (χ0v) is 17.2. The van der Waals surface area contributed by atoms with E-state index in [0.29, 0.717) is 22.5 Å². The summed E-state index contributed by atoms with van der Waals surface area (Å²) in [5.74, 6) is 1.65.